The Labute approximate surface area is 179 Å². The summed E-state index contributed by atoms with van der Waals surface area (Å²) in [7, 11) is 1.59. The first-order valence-electron chi connectivity index (χ1n) is 10.1. The lowest BCUT2D eigenvalue weighted by molar-refractivity contribution is -0.137. The molecule has 0 fully saturated rings. The number of aromatic nitrogens is 2. The normalized spacial score (nSPS) is 13.3. The Kier molecular flexibility index (Phi) is 6.08. The van der Waals surface area contributed by atoms with E-state index in [9.17, 15) is 4.79 Å². The van der Waals surface area contributed by atoms with Crippen LogP contribution in [-0.4, -0.2) is 28.2 Å². The van der Waals surface area contributed by atoms with Crippen molar-refractivity contribution in [3.05, 3.63) is 45.9 Å². The van der Waals surface area contributed by atoms with E-state index in [0.29, 0.717) is 41.7 Å². The van der Waals surface area contributed by atoms with Gasteiger partial charge < -0.3 is 19.6 Å². The second-order valence-electron chi connectivity index (χ2n) is 7.45. The summed E-state index contributed by atoms with van der Waals surface area (Å²) >= 11 is 6.25. The van der Waals surface area contributed by atoms with Gasteiger partial charge in [0.05, 0.1) is 17.5 Å². The standard InChI is InChI=1S/C22H24ClN3O4/c1-29-17-10-9-13(11-15(17)23)12-24-21-20-14-5-2-3-6-16(14)30-22(20)26-18(25-21)7-4-8-19(27)28/h9-11H,2-8,12H2,1H3,(H,27,28)(H,24,25,26). The van der Waals surface area contributed by atoms with Crippen molar-refractivity contribution in [3.63, 3.8) is 0 Å². The number of benzene rings is 1. The van der Waals surface area contributed by atoms with E-state index in [1.807, 2.05) is 18.2 Å². The lowest BCUT2D eigenvalue weighted by Crippen LogP contribution is -2.07. The van der Waals surface area contributed by atoms with E-state index in [-0.39, 0.29) is 6.42 Å². The molecule has 1 aliphatic rings. The molecule has 0 saturated carbocycles. The molecule has 8 heteroatoms. The highest BCUT2D eigenvalue weighted by atomic mass is 35.5. The summed E-state index contributed by atoms with van der Waals surface area (Å²) in [6.07, 6.45) is 5.14. The second-order valence-corrected chi connectivity index (χ2v) is 7.86. The van der Waals surface area contributed by atoms with Gasteiger partial charge in [0.15, 0.2) is 0 Å². The molecule has 2 heterocycles. The molecule has 2 N–H and O–H groups in total. The Morgan fingerprint density at radius 3 is 2.90 bits per heavy atom. The minimum Gasteiger partial charge on any atom is -0.495 e. The van der Waals surface area contributed by atoms with Crippen LogP contribution in [0.15, 0.2) is 22.6 Å². The lowest BCUT2D eigenvalue weighted by Gasteiger charge is -2.12. The lowest BCUT2D eigenvalue weighted by atomic mass is 9.96. The van der Waals surface area contributed by atoms with Crippen molar-refractivity contribution in [1.82, 2.24) is 9.97 Å². The van der Waals surface area contributed by atoms with Crippen LogP contribution in [-0.2, 0) is 30.6 Å². The monoisotopic (exact) mass is 429 g/mol. The van der Waals surface area contributed by atoms with Crippen LogP contribution in [0.3, 0.4) is 0 Å². The van der Waals surface area contributed by atoms with Gasteiger partial charge >= 0.3 is 5.97 Å². The summed E-state index contributed by atoms with van der Waals surface area (Å²) < 4.78 is 11.3. The van der Waals surface area contributed by atoms with Crippen molar-refractivity contribution in [3.8, 4) is 5.75 Å². The summed E-state index contributed by atoms with van der Waals surface area (Å²) in [4.78, 5) is 20.1. The van der Waals surface area contributed by atoms with Gasteiger partial charge in [0, 0.05) is 31.4 Å². The third kappa shape index (κ3) is 4.36. The molecule has 0 amide bonds. The number of hydrogen-bond acceptors (Lipinski definition) is 6. The zero-order chi connectivity index (χ0) is 21.1. The number of rotatable bonds is 8. The number of aryl methyl sites for hydroxylation is 3. The zero-order valence-electron chi connectivity index (χ0n) is 16.8. The number of hydrogen-bond donors (Lipinski definition) is 2. The highest BCUT2D eigenvalue weighted by molar-refractivity contribution is 6.32. The number of carbonyl (C=O) groups is 1. The quantitative estimate of drug-likeness (QED) is 0.531. The van der Waals surface area contributed by atoms with Crippen LogP contribution in [0.2, 0.25) is 5.02 Å². The largest absolute Gasteiger partial charge is 0.495 e. The molecule has 0 radical (unpaired) electrons. The summed E-state index contributed by atoms with van der Waals surface area (Å²) in [6, 6.07) is 5.66. The first-order valence-corrected chi connectivity index (χ1v) is 10.5. The smallest absolute Gasteiger partial charge is 0.303 e. The molecule has 2 aromatic heterocycles. The Morgan fingerprint density at radius 2 is 2.13 bits per heavy atom. The summed E-state index contributed by atoms with van der Waals surface area (Å²) in [5, 5.41) is 13.8. The molecule has 7 nitrogen and oxygen atoms in total. The number of carboxylic acid groups (broad SMARTS) is 1. The van der Waals surface area contributed by atoms with Crippen LogP contribution < -0.4 is 10.1 Å². The highest BCUT2D eigenvalue weighted by Gasteiger charge is 2.23. The fourth-order valence-electron chi connectivity index (χ4n) is 3.84. The molecule has 0 bridgehead atoms. The van der Waals surface area contributed by atoms with Gasteiger partial charge in [-0.3, -0.25) is 4.79 Å². The molecular weight excluding hydrogens is 406 g/mol. The number of fused-ring (bicyclic) bond motifs is 3. The second kappa shape index (κ2) is 8.92. The number of methoxy groups -OCH3 is 1. The fraction of sp³-hybridized carbons (Fsp3) is 0.409. The van der Waals surface area contributed by atoms with Gasteiger partial charge in [-0.2, -0.15) is 4.98 Å². The number of ether oxygens (including phenoxy) is 1. The van der Waals surface area contributed by atoms with Crippen molar-refractivity contribution in [2.24, 2.45) is 0 Å². The van der Waals surface area contributed by atoms with Gasteiger partial charge in [0.1, 0.15) is 23.2 Å². The van der Waals surface area contributed by atoms with Gasteiger partial charge in [-0.25, -0.2) is 4.98 Å². The molecule has 1 aromatic carbocycles. The minimum absolute atomic E-state index is 0.0865. The Hall–Kier alpha value is -2.80. The maximum atomic E-state index is 10.8. The summed E-state index contributed by atoms with van der Waals surface area (Å²) in [6.45, 7) is 0.532. The van der Waals surface area contributed by atoms with Crippen molar-refractivity contribution in [1.29, 1.82) is 0 Å². The minimum atomic E-state index is -0.820. The van der Waals surface area contributed by atoms with Crippen molar-refractivity contribution in [2.75, 3.05) is 12.4 Å². The van der Waals surface area contributed by atoms with Crippen LogP contribution in [0.4, 0.5) is 5.82 Å². The number of nitrogens with one attached hydrogen (secondary N) is 1. The summed E-state index contributed by atoms with van der Waals surface area (Å²) in [5.41, 5.74) is 2.76. The Balaban J connectivity index is 1.64. The van der Waals surface area contributed by atoms with Gasteiger partial charge in [-0.15, -0.1) is 0 Å². The van der Waals surface area contributed by atoms with E-state index < -0.39 is 5.97 Å². The first-order chi connectivity index (χ1) is 14.5. The molecule has 0 aliphatic heterocycles. The molecule has 30 heavy (non-hydrogen) atoms. The molecule has 0 saturated heterocycles. The maximum absolute atomic E-state index is 10.8. The molecule has 158 valence electrons. The first kappa shape index (κ1) is 20.5. The molecular formula is C22H24ClN3O4. The third-order valence-electron chi connectivity index (χ3n) is 5.33. The fourth-order valence-corrected chi connectivity index (χ4v) is 4.12. The summed E-state index contributed by atoms with van der Waals surface area (Å²) in [5.74, 6) is 2.12. The van der Waals surface area contributed by atoms with E-state index >= 15 is 0 Å². The van der Waals surface area contributed by atoms with Crippen LogP contribution in [0.1, 0.15) is 48.4 Å². The molecule has 3 aromatic rings. The molecule has 1 aliphatic carbocycles. The highest BCUT2D eigenvalue weighted by Crippen LogP contribution is 2.35. The molecule has 4 rings (SSSR count). The molecule has 0 atom stereocenters. The average Bonchev–Trinajstić information content (AvgIpc) is 3.10. The number of anilines is 1. The van der Waals surface area contributed by atoms with Gasteiger partial charge in [-0.05, 0) is 43.4 Å². The number of aliphatic carboxylic acids is 1. The van der Waals surface area contributed by atoms with Crippen molar-refractivity contribution in [2.45, 2.75) is 51.5 Å². The van der Waals surface area contributed by atoms with E-state index in [4.69, 9.17) is 30.8 Å². The van der Waals surface area contributed by atoms with E-state index in [1.54, 1.807) is 7.11 Å². The zero-order valence-corrected chi connectivity index (χ0v) is 17.6. The average molecular weight is 430 g/mol. The maximum Gasteiger partial charge on any atom is 0.303 e. The van der Waals surface area contributed by atoms with Crippen molar-refractivity contribution >= 4 is 34.5 Å². The topological polar surface area (TPSA) is 97.5 Å². The van der Waals surface area contributed by atoms with E-state index in [0.717, 1.165) is 48.2 Å². The van der Waals surface area contributed by atoms with Crippen LogP contribution in [0.25, 0.3) is 11.1 Å². The molecule has 0 unspecified atom stereocenters. The van der Waals surface area contributed by atoms with Crippen LogP contribution in [0, 0.1) is 0 Å². The van der Waals surface area contributed by atoms with Crippen LogP contribution in [0.5, 0.6) is 5.75 Å². The predicted molar refractivity (Wildman–Crippen MR) is 114 cm³/mol. The van der Waals surface area contributed by atoms with Crippen molar-refractivity contribution < 1.29 is 19.1 Å². The van der Waals surface area contributed by atoms with E-state index in [2.05, 4.69) is 10.3 Å². The Morgan fingerprint density at radius 1 is 1.30 bits per heavy atom. The Bertz CT molecular complexity index is 1080. The van der Waals surface area contributed by atoms with E-state index in [1.165, 1.54) is 5.56 Å². The number of furan rings is 1. The SMILES string of the molecule is COc1ccc(CNc2nc(CCCC(=O)O)nc3oc4c(c23)CCCC4)cc1Cl. The van der Waals surface area contributed by atoms with Gasteiger partial charge in [0.25, 0.3) is 0 Å². The number of halogens is 1. The third-order valence-corrected chi connectivity index (χ3v) is 5.62. The van der Waals surface area contributed by atoms with Gasteiger partial charge in [-0.1, -0.05) is 17.7 Å². The number of nitrogens with zero attached hydrogens (tertiary/aromatic N) is 2. The van der Waals surface area contributed by atoms with Crippen LogP contribution >= 0.6 is 11.6 Å². The molecule has 0 spiro atoms. The van der Waals surface area contributed by atoms with Gasteiger partial charge in [0.2, 0.25) is 5.71 Å². The number of carboxylic acids is 1. The predicted octanol–water partition coefficient (Wildman–Crippen LogP) is 4.78.